The second kappa shape index (κ2) is 6.83. The molecule has 0 aliphatic rings. The monoisotopic (exact) mass is 290 g/mol. The number of hydrogen-bond acceptors (Lipinski definition) is 3. The van der Waals surface area contributed by atoms with Crippen LogP contribution in [0.1, 0.15) is 12.0 Å². The van der Waals surface area contributed by atoms with Gasteiger partial charge in [-0.05, 0) is 12.1 Å². The first-order valence-corrected chi connectivity index (χ1v) is 6.25. The molecule has 0 aliphatic carbocycles. The maximum Gasteiger partial charge on any atom is 0.304 e. The van der Waals surface area contributed by atoms with Crippen LogP contribution in [0.5, 0.6) is 0 Å². The lowest BCUT2D eigenvalue weighted by atomic mass is 10.1. The van der Waals surface area contributed by atoms with Crippen LogP contribution in [0.25, 0.3) is 0 Å². The standard InChI is InChI=1S/C12H16Cl2N2O2/c1-16(2)11-6-8(13)5-10(14)9(11)7-15-4-3-12(17)18/h5-6,15H,3-4,7H2,1-2H3,(H,17,18). The largest absolute Gasteiger partial charge is 0.481 e. The zero-order chi connectivity index (χ0) is 13.7. The number of halogens is 2. The van der Waals surface area contributed by atoms with Crippen molar-refractivity contribution in [3.8, 4) is 0 Å². The predicted octanol–water partition coefficient (Wildman–Crippen LogP) is 2.62. The summed E-state index contributed by atoms with van der Waals surface area (Å²) >= 11 is 12.1. The first-order valence-electron chi connectivity index (χ1n) is 5.49. The summed E-state index contributed by atoms with van der Waals surface area (Å²) in [7, 11) is 3.81. The van der Waals surface area contributed by atoms with E-state index in [0.717, 1.165) is 11.3 Å². The van der Waals surface area contributed by atoms with Gasteiger partial charge in [0.1, 0.15) is 0 Å². The van der Waals surface area contributed by atoms with Gasteiger partial charge in [0.05, 0.1) is 6.42 Å². The van der Waals surface area contributed by atoms with Crippen molar-refractivity contribution in [1.82, 2.24) is 5.32 Å². The van der Waals surface area contributed by atoms with E-state index in [4.69, 9.17) is 28.3 Å². The molecule has 0 fully saturated rings. The van der Waals surface area contributed by atoms with E-state index < -0.39 is 5.97 Å². The topological polar surface area (TPSA) is 52.6 Å². The number of carbonyl (C=O) groups is 1. The number of nitrogens with one attached hydrogen (secondary N) is 1. The average Bonchev–Trinajstić information content (AvgIpc) is 2.25. The van der Waals surface area contributed by atoms with E-state index in [1.54, 1.807) is 6.07 Å². The van der Waals surface area contributed by atoms with Gasteiger partial charge in [-0.15, -0.1) is 0 Å². The molecular formula is C12H16Cl2N2O2. The van der Waals surface area contributed by atoms with Gasteiger partial charge in [-0.2, -0.15) is 0 Å². The summed E-state index contributed by atoms with van der Waals surface area (Å²) in [5.41, 5.74) is 1.84. The maximum atomic E-state index is 10.4. The Morgan fingerprint density at radius 1 is 1.39 bits per heavy atom. The van der Waals surface area contributed by atoms with E-state index in [9.17, 15) is 4.79 Å². The molecule has 0 bridgehead atoms. The molecule has 18 heavy (non-hydrogen) atoms. The highest BCUT2D eigenvalue weighted by Gasteiger charge is 2.10. The Labute approximate surface area is 116 Å². The molecule has 1 aromatic carbocycles. The molecule has 100 valence electrons. The molecule has 0 saturated heterocycles. The number of rotatable bonds is 6. The number of anilines is 1. The first kappa shape index (κ1) is 15.1. The van der Waals surface area contributed by atoms with Crippen LogP contribution in [0.4, 0.5) is 5.69 Å². The molecule has 0 unspecified atom stereocenters. The van der Waals surface area contributed by atoms with E-state index in [2.05, 4.69) is 5.32 Å². The zero-order valence-electron chi connectivity index (χ0n) is 10.3. The lowest BCUT2D eigenvalue weighted by molar-refractivity contribution is -0.136. The van der Waals surface area contributed by atoms with Crippen LogP contribution in [-0.4, -0.2) is 31.7 Å². The van der Waals surface area contributed by atoms with Crippen molar-refractivity contribution < 1.29 is 9.90 Å². The first-order chi connectivity index (χ1) is 8.41. The highest BCUT2D eigenvalue weighted by Crippen LogP contribution is 2.30. The van der Waals surface area contributed by atoms with Gasteiger partial charge >= 0.3 is 5.97 Å². The van der Waals surface area contributed by atoms with E-state index in [1.165, 1.54) is 0 Å². The van der Waals surface area contributed by atoms with Crippen LogP contribution >= 0.6 is 23.2 Å². The van der Waals surface area contributed by atoms with Crippen LogP contribution in [-0.2, 0) is 11.3 Å². The average molecular weight is 291 g/mol. The van der Waals surface area contributed by atoms with Crippen molar-refractivity contribution >= 4 is 34.9 Å². The fourth-order valence-corrected chi connectivity index (χ4v) is 2.12. The summed E-state index contributed by atoms with van der Waals surface area (Å²) in [6.45, 7) is 0.915. The molecule has 1 rings (SSSR count). The van der Waals surface area contributed by atoms with Gasteiger partial charge in [0.2, 0.25) is 0 Å². The van der Waals surface area contributed by atoms with E-state index in [0.29, 0.717) is 23.1 Å². The number of benzene rings is 1. The molecule has 0 aromatic heterocycles. The fraction of sp³-hybridized carbons (Fsp3) is 0.417. The number of aliphatic carboxylic acids is 1. The third-order valence-corrected chi connectivity index (χ3v) is 2.99. The van der Waals surface area contributed by atoms with Gasteiger partial charge in [-0.1, -0.05) is 23.2 Å². The van der Waals surface area contributed by atoms with Gasteiger partial charge in [-0.25, -0.2) is 0 Å². The summed E-state index contributed by atoms with van der Waals surface area (Å²) < 4.78 is 0. The zero-order valence-corrected chi connectivity index (χ0v) is 11.8. The third kappa shape index (κ3) is 4.37. The third-order valence-electron chi connectivity index (χ3n) is 2.44. The minimum atomic E-state index is -0.822. The Morgan fingerprint density at radius 3 is 2.61 bits per heavy atom. The lowest BCUT2D eigenvalue weighted by Gasteiger charge is -2.19. The molecule has 0 spiro atoms. The fourth-order valence-electron chi connectivity index (χ4n) is 1.57. The van der Waals surface area contributed by atoms with Crippen molar-refractivity contribution in [2.45, 2.75) is 13.0 Å². The molecule has 0 saturated carbocycles. The van der Waals surface area contributed by atoms with E-state index in [1.807, 2.05) is 25.1 Å². The predicted molar refractivity (Wildman–Crippen MR) is 74.7 cm³/mol. The lowest BCUT2D eigenvalue weighted by Crippen LogP contribution is -2.20. The summed E-state index contributed by atoms with van der Waals surface area (Å²) in [5, 5.41) is 12.8. The quantitative estimate of drug-likeness (QED) is 0.791. The Bertz CT molecular complexity index is 436. The van der Waals surface area contributed by atoms with Crippen LogP contribution in [0.3, 0.4) is 0 Å². The molecular weight excluding hydrogens is 275 g/mol. The van der Waals surface area contributed by atoms with Gasteiger partial charge in [0, 0.05) is 48.5 Å². The van der Waals surface area contributed by atoms with Crippen LogP contribution in [0.15, 0.2) is 12.1 Å². The summed E-state index contributed by atoms with van der Waals surface area (Å²) in [4.78, 5) is 12.3. The van der Waals surface area contributed by atoms with E-state index >= 15 is 0 Å². The molecule has 0 aliphatic heterocycles. The van der Waals surface area contributed by atoms with Gasteiger partial charge in [0.15, 0.2) is 0 Å². The van der Waals surface area contributed by atoms with Gasteiger partial charge in [-0.3, -0.25) is 4.79 Å². The van der Waals surface area contributed by atoms with Gasteiger partial charge < -0.3 is 15.3 Å². The summed E-state index contributed by atoms with van der Waals surface area (Å²) in [6.07, 6.45) is 0.0858. The summed E-state index contributed by atoms with van der Waals surface area (Å²) in [6, 6.07) is 3.52. The molecule has 0 radical (unpaired) electrons. The smallest absolute Gasteiger partial charge is 0.304 e. The minimum absolute atomic E-state index is 0.0858. The van der Waals surface area contributed by atoms with Crippen LogP contribution in [0.2, 0.25) is 10.0 Å². The Kier molecular flexibility index (Phi) is 5.72. The number of carboxylic acids is 1. The maximum absolute atomic E-state index is 10.4. The molecule has 1 aromatic rings. The molecule has 4 nitrogen and oxygen atoms in total. The van der Waals surface area contributed by atoms with Crippen molar-refractivity contribution in [1.29, 1.82) is 0 Å². The number of hydrogen-bond donors (Lipinski definition) is 2. The molecule has 0 amide bonds. The molecule has 0 atom stereocenters. The minimum Gasteiger partial charge on any atom is -0.481 e. The Balaban J connectivity index is 2.77. The number of carboxylic acid groups (broad SMARTS) is 1. The number of nitrogens with zero attached hydrogens (tertiary/aromatic N) is 1. The van der Waals surface area contributed by atoms with Crippen LogP contribution < -0.4 is 10.2 Å². The molecule has 0 heterocycles. The second-order valence-electron chi connectivity index (χ2n) is 4.10. The van der Waals surface area contributed by atoms with Crippen molar-refractivity contribution in [3.63, 3.8) is 0 Å². The van der Waals surface area contributed by atoms with Crippen molar-refractivity contribution in [2.24, 2.45) is 0 Å². The SMILES string of the molecule is CN(C)c1cc(Cl)cc(Cl)c1CNCCC(=O)O. The molecule has 6 heteroatoms. The highest BCUT2D eigenvalue weighted by atomic mass is 35.5. The summed E-state index contributed by atoms with van der Waals surface area (Å²) in [5.74, 6) is -0.822. The Hall–Kier alpha value is -0.970. The highest BCUT2D eigenvalue weighted by molar-refractivity contribution is 6.35. The van der Waals surface area contributed by atoms with Gasteiger partial charge in [0.25, 0.3) is 0 Å². The van der Waals surface area contributed by atoms with E-state index in [-0.39, 0.29) is 6.42 Å². The normalized spacial score (nSPS) is 10.4. The van der Waals surface area contributed by atoms with Crippen LogP contribution in [0, 0.1) is 0 Å². The van der Waals surface area contributed by atoms with Crippen molar-refractivity contribution in [2.75, 3.05) is 25.5 Å². The Morgan fingerprint density at radius 2 is 2.06 bits per heavy atom. The second-order valence-corrected chi connectivity index (χ2v) is 4.94. The van der Waals surface area contributed by atoms with Crippen molar-refractivity contribution in [3.05, 3.63) is 27.7 Å². The molecule has 2 N–H and O–H groups in total.